The largest absolute Gasteiger partial charge is 0.495 e. The fourth-order valence-corrected chi connectivity index (χ4v) is 2.45. The molecule has 0 amide bonds. The lowest BCUT2D eigenvalue weighted by Gasteiger charge is -2.16. The predicted molar refractivity (Wildman–Crippen MR) is 70.6 cm³/mol. The summed E-state index contributed by atoms with van der Waals surface area (Å²) in [6, 6.07) is 4.45. The summed E-state index contributed by atoms with van der Waals surface area (Å²) in [6.45, 7) is 0. The van der Waals surface area contributed by atoms with Crippen LogP contribution in [0.3, 0.4) is 0 Å². The highest BCUT2D eigenvalue weighted by molar-refractivity contribution is 7.07. The average Bonchev–Trinajstić information content (AvgIpc) is 2.89. The zero-order chi connectivity index (χ0) is 12.1. The third kappa shape index (κ3) is 3.05. The van der Waals surface area contributed by atoms with Gasteiger partial charge in [0, 0.05) is 12.2 Å². The predicted octanol–water partition coefficient (Wildman–Crippen LogP) is 2.65. The van der Waals surface area contributed by atoms with Gasteiger partial charge in [-0.3, -0.25) is 4.98 Å². The molecule has 1 N–H and O–H groups in total. The van der Waals surface area contributed by atoms with Gasteiger partial charge in [0.15, 0.2) is 0 Å². The van der Waals surface area contributed by atoms with E-state index >= 15 is 0 Å². The van der Waals surface area contributed by atoms with Crippen LogP contribution in [0, 0.1) is 0 Å². The van der Waals surface area contributed by atoms with Crippen LogP contribution < -0.4 is 10.1 Å². The molecule has 0 aliphatic rings. The molecule has 1 atom stereocenters. The third-order valence-electron chi connectivity index (χ3n) is 2.74. The summed E-state index contributed by atoms with van der Waals surface area (Å²) in [5.74, 6) is 0.799. The van der Waals surface area contributed by atoms with E-state index in [2.05, 4.69) is 27.1 Å². The zero-order valence-electron chi connectivity index (χ0n) is 10.0. The van der Waals surface area contributed by atoms with Gasteiger partial charge < -0.3 is 10.1 Å². The second kappa shape index (κ2) is 5.80. The molecule has 0 saturated heterocycles. The standard InChI is InChI=1S/C13H16N2OS/c1-14-13(5-10-3-4-17-9-10)11-6-12(16-2)8-15-7-11/h3-4,6-9,13-14H,5H2,1-2H3. The number of likely N-dealkylation sites (N-methyl/N-ethyl adjacent to an activating group) is 1. The first-order valence-corrected chi connectivity index (χ1v) is 6.45. The maximum Gasteiger partial charge on any atom is 0.137 e. The summed E-state index contributed by atoms with van der Waals surface area (Å²) in [6.07, 6.45) is 4.58. The first-order chi connectivity index (χ1) is 8.33. The highest BCUT2D eigenvalue weighted by atomic mass is 32.1. The average molecular weight is 248 g/mol. The van der Waals surface area contributed by atoms with Gasteiger partial charge in [0.2, 0.25) is 0 Å². The topological polar surface area (TPSA) is 34.2 Å². The lowest BCUT2D eigenvalue weighted by atomic mass is 10.0. The van der Waals surface area contributed by atoms with Crippen LogP contribution >= 0.6 is 11.3 Å². The molecule has 2 aromatic heterocycles. The van der Waals surface area contributed by atoms with Crippen LogP contribution in [0.5, 0.6) is 5.75 Å². The molecule has 2 aromatic rings. The van der Waals surface area contributed by atoms with Crippen LogP contribution in [-0.2, 0) is 6.42 Å². The van der Waals surface area contributed by atoms with Crippen molar-refractivity contribution >= 4 is 11.3 Å². The Bertz CT molecular complexity index is 456. The Morgan fingerprint density at radius 1 is 1.47 bits per heavy atom. The molecule has 0 spiro atoms. The molecule has 0 aliphatic heterocycles. The van der Waals surface area contributed by atoms with Gasteiger partial charge in [-0.15, -0.1) is 0 Å². The van der Waals surface area contributed by atoms with Gasteiger partial charge in [-0.1, -0.05) is 0 Å². The summed E-state index contributed by atoms with van der Waals surface area (Å²) in [7, 11) is 3.63. The third-order valence-corrected chi connectivity index (χ3v) is 3.47. The summed E-state index contributed by atoms with van der Waals surface area (Å²) in [4.78, 5) is 4.19. The second-order valence-electron chi connectivity index (χ2n) is 3.84. The van der Waals surface area contributed by atoms with E-state index in [1.807, 2.05) is 19.3 Å². The highest BCUT2D eigenvalue weighted by Gasteiger charge is 2.11. The minimum Gasteiger partial charge on any atom is -0.495 e. The minimum absolute atomic E-state index is 0.271. The summed E-state index contributed by atoms with van der Waals surface area (Å²) >= 11 is 1.73. The van der Waals surface area contributed by atoms with Crippen LogP contribution in [0.2, 0.25) is 0 Å². The fraction of sp³-hybridized carbons (Fsp3) is 0.308. The summed E-state index contributed by atoms with van der Waals surface area (Å²) in [5, 5.41) is 7.60. The lowest BCUT2D eigenvalue weighted by Crippen LogP contribution is -2.18. The first kappa shape index (κ1) is 12.1. The van der Waals surface area contributed by atoms with Crippen molar-refractivity contribution in [3.8, 4) is 5.75 Å². The Morgan fingerprint density at radius 2 is 2.35 bits per heavy atom. The Kier molecular flexibility index (Phi) is 4.12. The maximum absolute atomic E-state index is 5.20. The molecular weight excluding hydrogens is 232 g/mol. The van der Waals surface area contributed by atoms with E-state index in [-0.39, 0.29) is 6.04 Å². The normalized spacial score (nSPS) is 12.4. The number of pyridine rings is 1. The van der Waals surface area contributed by atoms with Gasteiger partial charge >= 0.3 is 0 Å². The van der Waals surface area contributed by atoms with Crippen molar-refractivity contribution in [1.82, 2.24) is 10.3 Å². The van der Waals surface area contributed by atoms with Gasteiger partial charge in [-0.2, -0.15) is 11.3 Å². The number of thiophene rings is 1. The molecule has 3 nitrogen and oxygen atoms in total. The molecule has 2 heterocycles. The van der Waals surface area contributed by atoms with E-state index in [1.165, 1.54) is 5.56 Å². The number of rotatable bonds is 5. The van der Waals surface area contributed by atoms with Gasteiger partial charge in [-0.25, -0.2) is 0 Å². The number of nitrogens with one attached hydrogen (secondary N) is 1. The highest BCUT2D eigenvalue weighted by Crippen LogP contribution is 2.21. The molecule has 0 aromatic carbocycles. The SMILES string of the molecule is CNC(Cc1ccsc1)c1cncc(OC)c1. The molecule has 4 heteroatoms. The number of hydrogen-bond donors (Lipinski definition) is 1. The molecule has 2 rings (SSSR count). The Morgan fingerprint density at radius 3 is 3.00 bits per heavy atom. The molecule has 0 fully saturated rings. The number of methoxy groups -OCH3 is 1. The molecule has 0 aliphatic carbocycles. The van der Waals surface area contributed by atoms with Gasteiger partial charge in [0.25, 0.3) is 0 Å². The maximum atomic E-state index is 5.20. The molecule has 0 bridgehead atoms. The molecule has 0 saturated carbocycles. The molecule has 1 unspecified atom stereocenters. The Labute approximate surface area is 105 Å². The van der Waals surface area contributed by atoms with E-state index in [0.29, 0.717) is 0 Å². The monoisotopic (exact) mass is 248 g/mol. The van der Waals surface area contributed by atoms with E-state index in [0.717, 1.165) is 17.7 Å². The Balaban J connectivity index is 2.16. The van der Waals surface area contributed by atoms with Crippen LogP contribution in [0.25, 0.3) is 0 Å². The zero-order valence-corrected chi connectivity index (χ0v) is 10.8. The quantitative estimate of drug-likeness (QED) is 0.883. The lowest BCUT2D eigenvalue weighted by molar-refractivity contribution is 0.411. The minimum atomic E-state index is 0.271. The van der Waals surface area contributed by atoms with Crippen molar-refractivity contribution in [2.75, 3.05) is 14.2 Å². The first-order valence-electron chi connectivity index (χ1n) is 5.50. The number of hydrogen-bond acceptors (Lipinski definition) is 4. The molecule has 0 radical (unpaired) electrons. The van der Waals surface area contributed by atoms with E-state index in [9.17, 15) is 0 Å². The van der Waals surface area contributed by atoms with E-state index in [4.69, 9.17) is 4.74 Å². The summed E-state index contributed by atoms with van der Waals surface area (Å²) < 4.78 is 5.20. The van der Waals surface area contributed by atoms with Crippen LogP contribution in [0.1, 0.15) is 17.2 Å². The van der Waals surface area contributed by atoms with Crippen molar-refractivity contribution in [1.29, 1.82) is 0 Å². The summed E-state index contributed by atoms with van der Waals surface area (Å²) in [5.41, 5.74) is 2.50. The van der Waals surface area contributed by atoms with Gasteiger partial charge in [-0.05, 0) is 47.5 Å². The fourth-order valence-electron chi connectivity index (χ4n) is 1.77. The van der Waals surface area contributed by atoms with Crippen molar-refractivity contribution < 1.29 is 4.74 Å². The van der Waals surface area contributed by atoms with Crippen LogP contribution in [0.4, 0.5) is 0 Å². The van der Waals surface area contributed by atoms with Crippen molar-refractivity contribution in [3.63, 3.8) is 0 Å². The molecule has 90 valence electrons. The van der Waals surface area contributed by atoms with Crippen molar-refractivity contribution in [2.45, 2.75) is 12.5 Å². The smallest absolute Gasteiger partial charge is 0.137 e. The number of aromatic nitrogens is 1. The number of ether oxygens (including phenoxy) is 1. The molecular formula is C13H16N2OS. The van der Waals surface area contributed by atoms with Crippen LogP contribution in [-0.4, -0.2) is 19.1 Å². The van der Waals surface area contributed by atoms with Crippen molar-refractivity contribution in [2.24, 2.45) is 0 Å². The van der Waals surface area contributed by atoms with E-state index in [1.54, 1.807) is 24.6 Å². The second-order valence-corrected chi connectivity index (χ2v) is 4.62. The number of nitrogens with zero attached hydrogens (tertiary/aromatic N) is 1. The Hall–Kier alpha value is -1.39. The van der Waals surface area contributed by atoms with E-state index < -0.39 is 0 Å². The van der Waals surface area contributed by atoms with Gasteiger partial charge in [0.05, 0.1) is 13.3 Å². The van der Waals surface area contributed by atoms with Gasteiger partial charge in [0.1, 0.15) is 5.75 Å². The molecule has 17 heavy (non-hydrogen) atoms. The van der Waals surface area contributed by atoms with Crippen LogP contribution in [0.15, 0.2) is 35.3 Å². The van der Waals surface area contributed by atoms with Crippen molar-refractivity contribution in [3.05, 3.63) is 46.4 Å².